The van der Waals surface area contributed by atoms with E-state index in [1.807, 2.05) is 0 Å². The number of alkyl halides is 1. The zero-order valence-electron chi connectivity index (χ0n) is 7.09. The summed E-state index contributed by atoms with van der Waals surface area (Å²) in [4.78, 5) is 21.5. The van der Waals surface area contributed by atoms with Gasteiger partial charge < -0.3 is 4.74 Å². The predicted molar refractivity (Wildman–Crippen MR) is 46.1 cm³/mol. The number of esters is 1. The molecular weight excluding hydrogens is 180 g/mol. The molecule has 0 atom stereocenters. The number of hydrogen-bond donors (Lipinski definition) is 0. The maximum atomic E-state index is 10.9. The Morgan fingerprint density at radius 3 is 2.50 bits per heavy atom. The van der Waals surface area contributed by atoms with Gasteiger partial charge in [-0.25, -0.2) is 0 Å². The normalized spacial score (nSPS) is 11.1. The van der Waals surface area contributed by atoms with Gasteiger partial charge in [0.1, 0.15) is 6.42 Å². The van der Waals surface area contributed by atoms with E-state index in [1.54, 1.807) is 6.92 Å². The molecule has 0 bridgehead atoms. The molecule has 0 rings (SSSR count). The second-order valence-corrected chi connectivity index (χ2v) is 2.61. The molecular formula is C8H11ClO3. The third-order valence-electron chi connectivity index (χ3n) is 1.16. The molecule has 0 aliphatic rings. The molecule has 0 amide bonds. The van der Waals surface area contributed by atoms with Gasteiger partial charge in [-0.1, -0.05) is 5.57 Å². The molecule has 0 spiro atoms. The van der Waals surface area contributed by atoms with Crippen molar-refractivity contribution < 1.29 is 14.3 Å². The Kier molecular flexibility index (Phi) is 5.37. The van der Waals surface area contributed by atoms with E-state index in [0.29, 0.717) is 5.88 Å². The molecule has 0 saturated heterocycles. The molecule has 0 heterocycles. The Balaban J connectivity index is 3.98. The summed E-state index contributed by atoms with van der Waals surface area (Å²) in [6.07, 6.45) is 1.13. The lowest BCUT2D eigenvalue weighted by molar-refractivity contribution is -0.142. The number of halogens is 1. The predicted octanol–water partition coefficient (Wildman–Crippen LogP) is 1.30. The topological polar surface area (TPSA) is 43.4 Å². The maximum Gasteiger partial charge on any atom is 0.313 e. The van der Waals surface area contributed by atoms with Crippen LogP contribution in [0, 0.1) is 0 Å². The second-order valence-electron chi connectivity index (χ2n) is 2.34. The number of carbonyl (C=O) groups is 2. The number of carbonyl (C=O) groups excluding carboxylic acids is 2. The van der Waals surface area contributed by atoms with E-state index in [2.05, 4.69) is 4.74 Å². The Labute approximate surface area is 76.3 Å². The molecule has 4 heteroatoms. The van der Waals surface area contributed by atoms with E-state index in [-0.39, 0.29) is 12.2 Å². The Hall–Kier alpha value is -0.830. The van der Waals surface area contributed by atoms with Crippen molar-refractivity contribution >= 4 is 23.4 Å². The molecule has 0 aliphatic heterocycles. The van der Waals surface area contributed by atoms with Crippen molar-refractivity contribution in [2.24, 2.45) is 0 Å². The number of ketones is 1. The summed E-state index contributed by atoms with van der Waals surface area (Å²) < 4.78 is 4.31. The van der Waals surface area contributed by atoms with Gasteiger partial charge in [0.15, 0.2) is 5.78 Å². The summed E-state index contributed by atoms with van der Waals surface area (Å²) in [7, 11) is 1.24. The molecule has 0 unspecified atom stereocenters. The van der Waals surface area contributed by atoms with Gasteiger partial charge in [-0.2, -0.15) is 0 Å². The van der Waals surface area contributed by atoms with Crippen molar-refractivity contribution in [1.29, 1.82) is 0 Å². The highest BCUT2D eigenvalue weighted by Crippen LogP contribution is 1.98. The fourth-order valence-electron chi connectivity index (χ4n) is 0.579. The van der Waals surface area contributed by atoms with Gasteiger partial charge in [-0.3, -0.25) is 9.59 Å². The number of ether oxygens (including phenoxy) is 1. The standard InChI is InChI=1S/C8H11ClO3/c1-6(5-9)3-7(10)4-8(11)12-2/h3H,4-5H2,1-2H3. The van der Waals surface area contributed by atoms with E-state index < -0.39 is 5.97 Å². The summed E-state index contributed by atoms with van der Waals surface area (Å²) in [5.74, 6) is -0.508. The average Bonchev–Trinajstić information content (AvgIpc) is 2.03. The number of methoxy groups -OCH3 is 1. The highest BCUT2D eigenvalue weighted by atomic mass is 35.5. The minimum Gasteiger partial charge on any atom is -0.469 e. The van der Waals surface area contributed by atoms with Crippen molar-refractivity contribution in [2.75, 3.05) is 13.0 Å². The Morgan fingerprint density at radius 2 is 2.08 bits per heavy atom. The summed E-state index contributed by atoms with van der Waals surface area (Å²) in [5.41, 5.74) is 0.741. The number of rotatable bonds is 4. The largest absolute Gasteiger partial charge is 0.469 e. The molecule has 0 aromatic rings. The molecule has 0 fully saturated rings. The molecule has 0 saturated carbocycles. The third kappa shape index (κ3) is 4.91. The second kappa shape index (κ2) is 5.77. The van der Waals surface area contributed by atoms with Crippen molar-refractivity contribution in [3.05, 3.63) is 11.6 Å². The van der Waals surface area contributed by atoms with Crippen molar-refractivity contribution in [3.63, 3.8) is 0 Å². The fraction of sp³-hybridized carbons (Fsp3) is 0.500. The zero-order chi connectivity index (χ0) is 9.56. The van der Waals surface area contributed by atoms with Crippen LogP contribution in [-0.2, 0) is 14.3 Å². The average molecular weight is 191 g/mol. The monoisotopic (exact) mass is 190 g/mol. The van der Waals surface area contributed by atoms with Gasteiger partial charge in [0.2, 0.25) is 0 Å². The summed E-state index contributed by atoms with van der Waals surface area (Å²) in [6.45, 7) is 1.72. The Bertz CT molecular complexity index is 208. The van der Waals surface area contributed by atoms with E-state index in [0.717, 1.165) is 5.57 Å². The van der Waals surface area contributed by atoms with Crippen LogP contribution < -0.4 is 0 Å². The van der Waals surface area contributed by atoms with Gasteiger partial charge in [-0.05, 0) is 13.0 Å². The van der Waals surface area contributed by atoms with Crippen molar-refractivity contribution in [2.45, 2.75) is 13.3 Å². The molecule has 0 radical (unpaired) electrons. The molecule has 0 aliphatic carbocycles. The third-order valence-corrected chi connectivity index (χ3v) is 1.59. The van der Waals surface area contributed by atoms with Crippen LogP contribution in [0.3, 0.4) is 0 Å². The Morgan fingerprint density at radius 1 is 1.50 bits per heavy atom. The van der Waals surface area contributed by atoms with Crippen LogP contribution in [-0.4, -0.2) is 24.7 Å². The highest BCUT2D eigenvalue weighted by Gasteiger charge is 2.06. The van der Waals surface area contributed by atoms with Crippen molar-refractivity contribution in [1.82, 2.24) is 0 Å². The summed E-state index contributed by atoms with van der Waals surface area (Å²) in [6, 6.07) is 0. The van der Waals surface area contributed by atoms with E-state index in [4.69, 9.17) is 11.6 Å². The lowest BCUT2D eigenvalue weighted by atomic mass is 10.2. The smallest absolute Gasteiger partial charge is 0.313 e. The molecule has 0 aromatic carbocycles. The van der Waals surface area contributed by atoms with E-state index in [9.17, 15) is 9.59 Å². The first kappa shape index (κ1) is 11.2. The van der Waals surface area contributed by atoms with Crippen LogP contribution in [0.1, 0.15) is 13.3 Å². The quantitative estimate of drug-likeness (QED) is 0.291. The first-order valence-corrected chi connectivity index (χ1v) is 3.96. The summed E-state index contributed by atoms with van der Waals surface area (Å²) in [5, 5.41) is 0. The van der Waals surface area contributed by atoms with Crippen LogP contribution >= 0.6 is 11.6 Å². The van der Waals surface area contributed by atoms with Gasteiger partial charge in [0, 0.05) is 5.88 Å². The van der Waals surface area contributed by atoms with Crippen molar-refractivity contribution in [3.8, 4) is 0 Å². The lowest BCUT2D eigenvalue weighted by Crippen LogP contribution is -2.07. The molecule has 12 heavy (non-hydrogen) atoms. The highest BCUT2D eigenvalue weighted by molar-refractivity contribution is 6.19. The first-order valence-electron chi connectivity index (χ1n) is 3.43. The first-order chi connectivity index (χ1) is 5.60. The van der Waals surface area contributed by atoms with Gasteiger partial charge >= 0.3 is 5.97 Å². The van der Waals surface area contributed by atoms with Crippen LogP contribution in [0.5, 0.6) is 0 Å². The lowest BCUT2D eigenvalue weighted by Gasteiger charge is -1.95. The van der Waals surface area contributed by atoms with Gasteiger partial charge in [-0.15, -0.1) is 11.6 Å². The van der Waals surface area contributed by atoms with Crippen LogP contribution in [0.25, 0.3) is 0 Å². The van der Waals surface area contributed by atoms with Crippen LogP contribution in [0.4, 0.5) is 0 Å². The van der Waals surface area contributed by atoms with Gasteiger partial charge in [0.25, 0.3) is 0 Å². The SMILES string of the molecule is COC(=O)CC(=O)C=C(C)CCl. The minimum atomic E-state index is -0.529. The molecule has 3 nitrogen and oxygen atoms in total. The van der Waals surface area contributed by atoms with E-state index >= 15 is 0 Å². The maximum absolute atomic E-state index is 10.9. The molecule has 0 aromatic heterocycles. The van der Waals surface area contributed by atoms with Gasteiger partial charge in [0.05, 0.1) is 7.11 Å². The number of hydrogen-bond acceptors (Lipinski definition) is 3. The number of allylic oxidation sites excluding steroid dienone is 2. The molecule has 0 N–H and O–H groups in total. The van der Waals surface area contributed by atoms with Crippen LogP contribution in [0.15, 0.2) is 11.6 Å². The van der Waals surface area contributed by atoms with Crippen LogP contribution in [0.2, 0.25) is 0 Å². The zero-order valence-corrected chi connectivity index (χ0v) is 7.85. The fourth-order valence-corrected chi connectivity index (χ4v) is 0.656. The van der Waals surface area contributed by atoms with E-state index in [1.165, 1.54) is 13.2 Å². The minimum absolute atomic E-state index is 0.218. The molecule has 68 valence electrons. The summed E-state index contributed by atoms with van der Waals surface area (Å²) >= 11 is 5.43.